The summed E-state index contributed by atoms with van der Waals surface area (Å²) in [6.45, 7) is 11.9. The van der Waals surface area contributed by atoms with E-state index in [4.69, 9.17) is 36.1 Å². The molecule has 1 atom stereocenters. The lowest BCUT2D eigenvalue weighted by atomic mass is 10.2. The van der Waals surface area contributed by atoms with Gasteiger partial charge in [-0.15, -0.1) is 0 Å². The van der Waals surface area contributed by atoms with E-state index in [1.807, 2.05) is 24.3 Å². The van der Waals surface area contributed by atoms with E-state index in [1.54, 1.807) is 0 Å². The van der Waals surface area contributed by atoms with Crippen molar-refractivity contribution in [2.75, 3.05) is 26.2 Å². The zero-order valence-corrected chi connectivity index (χ0v) is 18.2. The first kappa shape index (κ1) is 27.3. The Hall–Kier alpha value is -1.71. The maximum absolute atomic E-state index is 9.95. The topological polar surface area (TPSA) is 119 Å². The molecule has 0 aromatic heterocycles. The van der Waals surface area contributed by atoms with Gasteiger partial charge in [-0.05, 0) is 39.3 Å². The number of halogens is 1. The molecule has 0 bridgehead atoms. The molecule has 9 heteroatoms. The average molecular weight is 433 g/mol. The molecular weight excluding hydrogens is 400 g/mol. The van der Waals surface area contributed by atoms with Gasteiger partial charge in [0.15, 0.2) is 0 Å². The van der Waals surface area contributed by atoms with Crippen molar-refractivity contribution in [1.29, 1.82) is 0 Å². The monoisotopic (exact) mass is 432 g/mol. The number of aliphatic hydroxyl groups is 1. The molecule has 4 N–H and O–H groups in total. The highest BCUT2D eigenvalue weighted by Crippen LogP contribution is 2.15. The van der Waals surface area contributed by atoms with Gasteiger partial charge in [-0.1, -0.05) is 29.8 Å². The SMILES string of the molecule is CC(C)N(CCNCC(O)COCc1ccccc1Cl)C(C)C.O=C(O)C(=O)O. The van der Waals surface area contributed by atoms with Crippen molar-refractivity contribution in [3.05, 3.63) is 34.9 Å². The summed E-state index contributed by atoms with van der Waals surface area (Å²) in [6.07, 6.45) is -0.510. The minimum atomic E-state index is -1.82. The summed E-state index contributed by atoms with van der Waals surface area (Å²) in [5.41, 5.74) is 0.943. The third-order valence-electron chi connectivity index (χ3n) is 3.96. The lowest BCUT2D eigenvalue weighted by Gasteiger charge is -2.30. The third-order valence-corrected chi connectivity index (χ3v) is 4.33. The van der Waals surface area contributed by atoms with Crippen LogP contribution < -0.4 is 5.32 Å². The van der Waals surface area contributed by atoms with Gasteiger partial charge in [-0.25, -0.2) is 9.59 Å². The normalized spacial score (nSPS) is 12.0. The van der Waals surface area contributed by atoms with Gasteiger partial charge in [0.25, 0.3) is 0 Å². The molecule has 0 radical (unpaired) electrons. The number of aliphatic hydroxyl groups excluding tert-OH is 1. The van der Waals surface area contributed by atoms with E-state index in [2.05, 4.69) is 37.9 Å². The zero-order chi connectivity index (χ0) is 22.4. The van der Waals surface area contributed by atoms with Gasteiger partial charge in [0.2, 0.25) is 0 Å². The summed E-state index contributed by atoms with van der Waals surface area (Å²) in [5, 5.41) is 28.7. The van der Waals surface area contributed by atoms with Crippen LogP contribution in [0, 0.1) is 0 Å². The highest BCUT2D eigenvalue weighted by atomic mass is 35.5. The fourth-order valence-electron chi connectivity index (χ4n) is 2.57. The molecule has 1 rings (SSSR count). The molecule has 0 amide bonds. The average Bonchev–Trinajstić information content (AvgIpc) is 2.63. The van der Waals surface area contributed by atoms with E-state index in [1.165, 1.54) is 0 Å². The molecular formula is C20H33ClN2O6. The second-order valence-corrected chi connectivity index (χ2v) is 7.41. The number of ether oxygens (including phenoxy) is 1. The van der Waals surface area contributed by atoms with Gasteiger partial charge >= 0.3 is 11.9 Å². The van der Waals surface area contributed by atoms with Crippen LogP contribution in [-0.4, -0.2) is 76.6 Å². The first-order valence-electron chi connectivity index (χ1n) is 9.48. The van der Waals surface area contributed by atoms with Crippen LogP contribution in [0.5, 0.6) is 0 Å². The predicted molar refractivity (Wildman–Crippen MR) is 112 cm³/mol. The summed E-state index contributed by atoms with van der Waals surface area (Å²) < 4.78 is 5.53. The number of nitrogens with zero attached hydrogens (tertiary/aromatic N) is 1. The fourth-order valence-corrected chi connectivity index (χ4v) is 2.76. The largest absolute Gasteiger partial charge is 0.473 e. The number of rotatable bonds is 11. The van der Waals surface area contributed by atoms with Crippen LogP contribution in [0.1, 0.15) is 33.3 Å². The van der Waals surface area contributed by atoms with Gasteiger partial charge in [-0.2, -0.15) is 0 Å². The minimum Gasteiger partial charge on any atom is -0.473 e. The Balaban J connectivity index is 0.00000113. The molecule has 29 heavy (non-hydrogen) atoms. The van der Waals surface area contributed by atoms with Gasteiger partial charge < -0.3 is 25.4 Å². The first-order valence-corrected chi connectivity index (χ1v) is 9.85. The molecule has 0 spiro atoms. The Labute approximate surface area is 177 Å². The van der Waals surface area contributed by atoms with E-state index < -0.39 is 18.0 Å². The molecule has 0 aliphatic carbocycles. The van der Waals surface area contributed by atoms with Gasteiger partial charge in [-0.3, -0.25) is 4.90 Å². The molecule has 0 heterocycles. The summed E-state index contributed by atoms with van der Waals surface area (Å²) in [5.74, 6) is -3.65. The standard InChI is InChI=1S/C18H31ClN2O2.C2H2O4/c1-14(2)21(15(3)4)10-9-20-11-17(22)13-23-12-16-7-5-6-8-18(16)19;3-1(4)2(5)6/h5-8,14-15,17,20,22H,9-13H2,1-4H3;(H,3,4)(H,5,6). The Bertz CT molecular complexity index is 592. The number of hydrogen-bond acceptors (Lipinski definition) is 6. The Kier molecular flexibility index (Phi) is 14.3. The van der Waals surface area contributed by atoms with E-state index in [0.717, 1.165) is 18.7 Å². The summed E-state index contributed by atoms with van der Waals surface area (Å²) >= 11 is 6.06. The molecule has 0 saturated heterocycles. The van der Waals surface area contributed by atoms with Crippen LogP contribution in [0.25, 0.3) is 0 Å². The summed E-state index contributed by atoms with van der Waals surface area (Å²) in [4.78, 5) is 20.6. The highest BCUT2D eigenvalue weighted by molar-refractivity contribution is 6.31. The van der Waals surface area contributed by atoms with Crippen molar-refractivity contribution in [2.24, 2.45) is 0 Å². The number of carbonyl (C=O) groups is 2. The van der Waals surface area contributed by atoms with Crippen molar-refractivity contribution in [1.82, 2.24) is 10.2 Å². The minimum absolute atomic E-state index is 0.302. The lowest BCUT2D eigenvalue weighted by Crippen LogP contribution is -2.42. The quantitative estimate of drug-likeness (QED) is 0.310. The molecule has 0 fully saturated rings. The van der Waals surface area contributed by atoms with Crippen LogP contribution in [0.3, 0.4) is 0 Å². The van der Waals surface area contributed by atoms with Crippen LogP contribution >= 0.6 is 11.6 Å². The van der Waals surface area contributed by atoms with Crippen molar-refractivity contribution < 1.29 is 29.6 Å². The Morgan fingerprint density at radius 3 is 2.14 bits per heavy atom. The molecule has 0 aliphatic rings. The maximum atomic E-state index is 9.95. The number of carboxylic acids is 2. The third kappa shape index (κ3) is 13.2. The summed E-state index contributed by atoms with van der Waals surface area (Å²) in [6, 6.07) is 8.65. The second-order valence-electron chi connectivity index (χ2n) is 7.00. The Morgan fingerprint density at radius 1 is 1.10 bits per heavy atom. The van der Waals surface area contributed by atoms with Gasteiger partial charge in [0.05, 0.1) is 19.3 Å². The van der Waals surface area contributed by atoms with Crippen molar-refractivity contribution in [2.45, 2.75) is 52.5 Å². The number of aliphatic carboxylic acids is 2. The number of carboxylic acid groups (broad SMARTS) is 2. The number of benzene rings is 1. The molecule has 166 valence electrons. The highest BCUT2D eigenvalue weighted by Gasteiger charge is 2.12. The molecule has 1 aromatic rings. The van der Waals surface area contributed by atoms with E-state index >= 15 is 0 Å². The van der Waals surface area contributed by atoms with Crippen LogP contribution in [0.2, 0.25) is 5.02 Å². The van der Waals surface area contributed by atoms with Crippen LogP contribution in [0.15, 0.2) is 24.3 Å². The lowest BCUT2D eigenvalue weighted by molar-refractivity contribution is -0.159. The predicted octanol–water partition coefficient (Wildman–Crippen LogP) is 2.08. The van der Waals surface area contributed by atoms with Crippen LogP contribution in [0.4, 0.5) is 0 Å². The molecule has 1 aromatic carbocycles. The second kappa shape index (κ2) is 15.2. The van der Waals surface area contributed by atoms with Gasteiger partial charge in [0, 0.05) is 36.7 Å². The van der Waals surface area contributed by atoms with Crippen molar-refractivity contribution in [3.8, 4) is 0 Å². The maximum Gasteiger partial charge on any atom is 0.414 e. The zero-order valence-electron chi connectivity index (χ0n) is 17.5. The first-order chi connectivity index (χ1) is 13.6. The van der Waals surface area contributed by atoms with E-state index in [-0.39, 0.29) is 0 Å². The van der Waals surface area contributed by atoms with Crippen LogP contribution in [-0.2, 0) is 20.9 Å². The summed E-state index contributed by atoms with van der Waals surface area (Å²) in [7, 11) is 0. The smallest absolute Gasteiger partial charge is 0.414 e. The number of nitrogens with one attached hydrogen (secondary N) is 1. The molecule has 1 unspecified atom stereocenters. The molecule has 8 nitrogen and oxygen atoms in total. The van der Waals surface area contributed by atoms with E-state index in [0.29, 0.717) is 36.9 Å². The number of hydrogen-bond donors (Lipinski definition) is 4. The van der Waals surface area contributed by atoms with Gasteiger partial charge in [0.1, 0.15) is 0 Å². The fraction of sp³-hybridized carbons (Fsp3) is 0.600. The molecule has 0 saturated carbocycles. The van der Waals surface area contributed by atoms with E-state index in [9.17, 15) is 5.11 Å². The molecule has 0 aliphatic heterocycles. The Morgan fingerprint density at radius 2 is 1.66 bits per heavy atom. The van der Waals surface area contributed by atoms with Crippen molar-refractivity contribution >= 4 is 23.5 Å². The van der Waals surface area contributed by atoms with Crippen molar-refractivity contribution in [3.63, 3.8) is 0 Å².